The molecule has 246 valence electrons. The number of aromatic nitrogens is 3. The van der Waals surface area contributed by atoms with Crippen molar-refractivity contribution in [1.82, 2.24) is 19.4 Å². The number of hydrogen-bond acceptors (Lipinski definition) is 4. The summed E-state index contributed by atoms with van der Waals surface area (Å²) in [7, 11) is 0. The molecule has 0 saturated carbocycles. The van der Waals surface area contributed by atoms with Crippen molar-refractivity contribution < 1.29 is 4.39 Å². The highest BCUT2D eigenvalue weighted by Gasteiger charge is 2.31. The third kappa shape index (κ3) is 8.07. The predicted molar refractivity (Wildman–Crippen MR) is 189 cm³/mol. The normalized spacial score (nSPS) is 17.9. The Kier molecular flexibility index (Phi) is 11.0. The maximum Gasteiger partial charge on any atom is 0.354 e. The summed E-state index contributed by atoms with van der Waals surface area (Å²) in [5.41, 5.74) is 9.72. The maximum atomic E-state index is 15.2. The summed E-state index contributed by atoms with van der Waals surface area (Å²) in [6.45, 7) is 12.5. The van der Waals surface area contributed by atoms with Gasteiger partial charge in [0.25, 0.3) is 0 Å². The van der Waals surface area contributed by atoms with E-state index in [2.05, 4.69) is 59.7 Å². The van der Waals surface area contributed by atoms with E-state index in [-0.39, 0.29) is 5.02 Å². The van der Waals surface area contributed by atoms with Crippen LogP contribution in [0.1, 0.15) is 90.3 Å². The van der Waals surface area contributed by atoms with Crippen LogP contribution >= 0.6 is 11.6 Å². The second-order valence-corrected chi connectivity index (χ2v) is 14.1. The Bertz CT molecular complexity index is 1720. The van der Waals surface area contributed by atoms with Gasteiger partial charge in [-0.3, -0.25) is 14.5 Å². The van der Waals surface area contributed by atoms with Crippen LogP contribution in [-0.2, 0) is 6.42 Å². The quantitative estimate of drug-likeness (QED) is 0.119. The fourth-order valence-corrected chi connectivity index (χ4v) is 7.01. The van der Waals surface area contributed by atoms with Gasteiger partial charge >= 0.3 is 5.69 Å². The number of likely N-dealkylation sites (tertiary alicyclic amines) is 1. The number of H-pyrrole nitrogens is 1. The molecule has 2 aromatic heterocycles. The number of benzene rings is 2. The van der Waals surface area contributed by atoms with Crippen molar-refractivity contribution in [3.05, 3.63) is 81.1 Å². The number of aryl methyl sites for hydroxylation is 1. The molecule has 4 aromatic rings. The summed E-state index contributed by atoms with van der Waals surface area (Å²) in [4.78, 5) is 27.8. The van der Waals surface area contributed by atoms with E-state index in [4.69, 9.17) is 17.3 Å². The zero-order valence-electron chi connectivity index (χ0n) is 27.8. The Balaban J connectivity index is 1.40. The Morgan fingerprint density at radius 1 is 1.13 bits per heavy atom. The number of nitrogens with zero attached hydrogens (tertiary/aromatic N) is 4. The highest BCUT2D eigenvalue weighted by atomic mass is 35.5. The van der Waals surface area contributed by atoms with Crippen molar-refractivity contribution in [2.75, 3.05) is 13.1 Å². The summed E-state index contributed by atoms with van der Waals surface area (Å²) in [6, 6.07) is 14.4. The Hall–Kier alpha value is -3.49. The van der Waals surface area contributed by atoms with Crippen LogP contribution in [0.25, 0.3) is 28.0 Å². The first kappa shape index (κ1) is 33.9. The van der Waals surface area contributed by atoms with E-state index >= 15 is 4.39 Å². The molecule has 9 heteroatoms. The van der Waals surface area contributed by atoms with Crippen molar-refractivity contribution in [2.45, 2.75) is 91.6 Å². The summed E-state index contributed by atoms with van der Waals surface area (Å²) < 4.78 is 16.8. The van der Waals surface area contributed by atoms with E-state index in [1.165, 1.54) is 18.4 Å². The van der Waals surface area contributed by atoms with Gasteiger partial charge < -0.3 is 10.7 Å². The molecule has 1 aliphatic heterocycles. The third-order valence-corrected chi connectivity index (χ3v) is 9.25. The molecule has 7 nitrogen and oxygen atoms in total. The number of nitrogens with two attached hydrogens (primary N) is 1. The number of aromatic amines is 1. The minimum Gasteiger partial charge on any atom is -0.388 e. The molecule has 3 heterocycles. The summed E-state index contributed by atoms with van der Waals surface area (Å²) in [5.74, 6) is 1.30. The number of aliphatic imine (C=N–C) groups is 1. The van der Waals surface area contributed by atoms with E-state index in [0.717, 1.165) is 56.4 Å². The fraction of sp³-hybridized carbons (Fsp3) is 0.486. The van der Waals surface area contributed by atoms with Crippen molar-refractivity contribution >= 4 is 28.5 Å². The van der Waals surface area contributed by atoms with E-state index in [1.807, 2.05) is 31.2 Å². The largest absolute Gasteiger partial charge is 0.388 e. The van der Waals surface area contributed by atoms with Crippen LogP contribution < -0.4 is 11.4 Å². The second kappa shape index (κ2) is 14.9. The lowest BCUT2D eigenvalue weighted by molar-refractivity contribution is 0.0659. The number of fused-ring (bicyclic) bond motifs is 1. The number of amidine groups is 1. The fourth-order valence-electron chi connectivity index (χ4n) is 6.77. The minimum atomic E-state index is -0.481. The van der Waals surface area contributed by atoms with Crippen LogP contribution in [0.2, 0.25) is 5.02 Å². The van der Waals surface area contributed by atoms with Gasteiger partial charge in [-0.1, -0.05) is 57.8 Å². The molecule has 2 aromatic carbocycles. The molecule has 3 N–H and O–H groups in total. The lowest BCUT2D eigenvalue weighted by atomic mass is 9.88. The minimum absolute atomic E-state index is 0.0961. The van der Waals surface area contributed by atoms with Crippen molar-refractivity contribution in [3.8, 4) is 16.9 Å². The summed E-state index contributed by atoms with van der Waals surface area (Å²) >= 11 is 6.31. The number of rotatable bonds is 12. The van der Waals surface area contributed by atoms with Gasteiger partial charge in [0.15, 0.2) is 5.82 Å². The zero-order valence-corrected chi connectivity index (χ0v) is 28.6. The molecule has 0 amide bonds. The number of piperidine rings is 1. The summed E-state index contributed by atoms with van der Waals surface area (Å²) in [5, 5.41) is 0.812. The van der Waals surface area contributed by atoms with Gasteiger partial charge in [-0.15, -0.1) is 0 Å². The third-order valence-electron chi connectivity index (χ3n) is 8.97. The standard InChI is InChI=1S/C37H48ClFN6O/c1-23(2)8-6-9-26-18-31(35(39)32(38)19-26)33-20-28-22-45(37(46)43-36(28)42-33)30-14-12-27(13-15-30)34-11-7-10-29(16-17-41-25(5)40)44(34)21-24(3)4/h12-15,18-20,22-24,29,34H,6-11,16-17,21H2,1-5H3,(H2,40,41)(H,42,43,46)/t29-,34-/m0/s1. The average molecular weight is 647 g/mol. The first-order chi connectivity index (χ1) is 22.0. The molecule has 0 unspecified atom stereocenters. The SMILES string of the molecule is CC(N)=NCC[C@@H]1CCC[C@@H](c2ccc(-n3cc4cc(-c5cc(CCCC(C)C)cc(Cl)c5F)[nH]c4nc3=O)cc2)N1CC(C)C. The molecule has 1 saturated heterocycles. The van der Waals surface area contributed by atoms with E-state index in [1.54, 1.807) is 16.8 Å². The molecular weight excluding hydrogens is 599 g/mol. The van der Waals surface area contributed by atoms with Crippen LogP contribution in [0, 0.1) is 17.7 Å². The van der Waals surface area contributed by atoms with E-state index in [0.29, 0.717) is 52.0 Å². The van der Waals surface area contributed by atoms with Gasteiger partial charge in [-0.05, 0) is 98.7 Å². The van der Waals surface area contributed by atoms with Gasteiger partial charge in [-0.25, -0.2) is 9.18 Å². The van der Waals surface area contributed by atoms with Crippen LogP contribution in [0.15, 0.2) is 58.4 Å². The molecule has 0 bridgehead atoms. The average Bonchev–Trinajstić information content (AvgIpc) is 3.41. The molecule has 5 rings (SSSR count). The Morgan fingerprint density at radius 3 is 2.59 bits per heavy atom. The highest BCUT2D eigenvalue weighted by molar-refractivity contribution is 6.31. The summed E-state index contributed by atoms with van der Waals surface area (Å²) in [6.07, 6.45) is 9.12. The maximum absolute atomic E-state index is 15.2. The van der Waals surface area contributed by atoms with E-state index in [9.17, 15) is 4.79 Å². The molecular formula is C37H48ClFN6O. The van der Waals surface area contributed by atoms with Crippen LogP contribution in [0.3, 0.4) is 0 Å². The Labute approximate surface area is 277 Å². The van der Waals surface area contributed by atoms with Gasteiger partial charge in [-0.2, -0.15) is 4.98 Å². The first-order valence-corrected chi connectivity index (χ1v) is 17.1. The van der Waals surface area contributed by atoms with Gasteiger partial charge in [0.2, 0.25) is 0 Å². The monoisotopic (exact) mass is 646 g/mol. The number of hydrogen-bond donors (Lipinski definition) is 2. The van der Waals surface area contributed by atoms with Gasteiger partial charge in [0, 0.05) is 42.3 Å². The Morgan fingerprint density at radius 2 is 1.89 bits per heavy atom. The topological polar surface area (TPSA) is 92.3 Å². The number of halogens is 2. The molecule has 1 aliphatic rings. The molecule has 0 radical (unpaired) electrons. The lowest BCUT2D eigenvalue weighted by Gasteiger charge is -2.43. The molecule has 0 aliphatic carbocycles. The number of nitrogens with one attached hydrogen (secondary N) is 1. The van der Waals surface area contributed by atoms with Crippen molar-refractivity contribution in [2.24, 2.45) is 22.6 Å². The zero-order chi connectivity index (χ0) is 33.0. The van der Waals surface area contributed by atoms with Gasteiger partial charge in [0.1, 0.15) is 5.65 Å². The predicted octanol–water partition coefficient (Wildman–Crippen LogP) is 8.47. The molecule has 46 heavy (non-hydrogen) atoms. The van der Waals surface area contributed by atoms with Crippen molar-refractivity contribution in [1.29, 1.82) is 0 Å². The molecule has 2 atom stereocenters. The first-order valence-electron chi connectivity index (χ1n) is 16.7. The second-order valence-electron chi connectivity index (χ2n) is 13.7. The molecule has 0 spiro atoms. The highest BCUT2D eigenvalue weighted by Crippen LogP contribution is 2.37. The lowest BCUT2D eigenvalue weighted by Crippen LogP contribution is -2.44. The van der Waals surface area contributed by atoms with Crippen molar-refractivity contribution in [3.63, 3.8) is 0 Å². The van der Waals surface area contributed by atoms with Crippen LogP contribution in [0.5, 0.6) is 0 Å². The molecule has 1 fully saturated rings. The van der Waals surface area contributed by atoms with E-state index < -0.39 is 11.5 Å². The van der Waals surface area contributed by atoms with Crippen LogP contribution in [0.4, 0.5) is 4.39 Å². The smallest absolute Gasteiger partial charge is 0.354 e. The van der Waals surface area contributed by atoms with Gasteiger partial charge in [0.05, 0.1) is 22.2 Å². The van der Waals surface area contributed by atoms with Crippen LogP contribution in [-0.4, -0.2) is 44.4 Å².